The molecule has 2 N–H and O–H groups in total. The van der Waals surface area contributed by atoms with Crippen LogP contribution in [0.4, 0.5) is 11.4 Å². The van der Waals surface area contributed by atoms with Gasteiger partial charge < -0.3 is 24.7 Å². The van der Waals surface area contributed by atoms with E-state index in [-0.39, 0.29) is 5.56 Å². The zero-order valence-electron chi connectivity index (χ0n) is 19.6. The number of nitrogens with one attached hydrogen (secondary N) is 2. The minimum absolute atomic E-state index is 0.115. The summed E-state index contributed by atoms with van der Waals surface area (Å²) in [7, 11) is 0. The second-order valence-corrected chi connectivity index (χ2v) is 9.33. The van der Waals surface area contributed by atoms with E-state index < -0.39 is 0 Å². The molecule has 4 aromatic rings. The molecule has 0 amide bonds. The lowest BCUT2D eigenvalue weighted by Crippen LogP contribution is -2.36. The van der Waals surface area contributed by atoms with Gasteiger partial charge in [0.25, 0.3) is 0 Å². The predicted molar refractivity (Wildman–Crippen MR) is 141 cm³/mol. The van der Waals surface area contributed by atoms with Crippen LogP contribution in [-0.4, -0.2) is 36.3 Å². The molecular formula is C28H25ClN4O3. The number of morpholine rings is 1. The summed E-state index contributed by atoms with van der Waals surface area (Å²) in [4.78, 5) is 21.9. The van der Waals surface area contributed by atoms with Crippen LogP contribution in [0.5, 0.6) is 11.5 Å². The minimum atomic E-state index is -0.115. The third kappa shape index (κ3) is 4.67. The molecule has 0 bridgehead atoms. The van der Waals surface area contributed by atoms with Gasteiger partial charge in [-0.25, -0.2) is 4.98 Å². The van der Waals surface area contributed by atoms with Crippen LogP contribution in [0.15, 0.2) is 71.7 Å². The third-order valence-electron chi connectivity index (χ3n) is 6.57. The Kier molecular flexibility index (Phi) is 6.09. The van der Waals surface area contributed by atoms with Crippen molar-refractivity contribution in [2.24, 2.45) is 0 Å². The number of rotatable bonds is 5. The van der Waals surface area contributed by atoms with Crippen molar-refractivity contribution >= 4 is 23.0 Å². The number of fused-ring (bicyclic) bond motifs is 2. The summed E-state index contributed by atoms with van der Waals surface area (Å²) >= 11 is 5.88. The highest BCUT2D eigenvalue weighted by Gasteiger charge is 2.22. The molecule has 36 heavy (non-hydrogen) atoms. The predicted octanol–water partition coefficient (Wildman–Crippen LogP) is 5.24. The van der Waals surface area contributed by atoms with Crippen LogP contribution < -0.4 is 20.5 Å². The van der Waals surface area contributed by atoms with Gasteiger partial charge in [-0.15, -0.1) is 0 Å². The van der Waals surface area contributed by atoms with Crippen molar-refractivity contribution in [2.45, 2.75) is 13.0 Å². The Labute approximate surface area is 213 Å². The molecule has 0 spiro atoms. The van der Waals surface area contributed by atoms with Crippen LogP contribution >= 0.6 is 11.6 Å². The first-order valence-electron chi connectivity index (χ1n) is 12.0. The molecule has 2 aromatic heterocycles. The van der Waals surface area contributed by atoms with Crippen molar-refractivity contribution in [3.05, 3.63) is 99.1 Å². The van der Waals surface area contributed by atoms with Crippen molar-refractivity contribution in [3.63, 3.8) is 0 Å². The normalized spacial score (nSPS) is 14.5. The summed E-state index contributed by atoms with van der Waals surface area (Å²) in [6, 6.07) is 19.6. The zero-order chi connectivity index (χ0) is 24.5. The number of halogens is 1. The molecule has 4 heterocycles. The van der Waals surface area contributed by atoms with E-state index in [1.54, 1.807) is 18.3 Å². The number of H-pyrrole nitrogens is 1. The van der Waals surface area contributed by atoms with Gasteiger partial charge >= 0.3 is 0 Å². The maximum absolute atomic E-state index is 12.5. The molecule has 0 aliphatic carbocycles. The van der Waals surface area contributed by atoms with Crippen LogP contribution in [-0.2, 0) is 17.7 Å². The van der Waals surface area contributed by atoms with Crippen LogP contribution in [0.1, 0.15) is 16.7 Å². The molecule has 0 atom stereocenters. The fraction of sp³-hybridized carbons (Fsp3) is 0.214. The van der Waals surface area contributed by atoms with Gasteiger partial charge in [0, 0.05) is 66.9 Å². The number of aromatic nitrogens is 2. The molecule has 2 aromatic carbocycles. The number of anilines is 2. The van der Waals surface area contributed by atoms with Crippen molar-refractivity contribution in [1.29, 1.82) is 0 Å². The Balaban J connectivity index is 1.26. The molecule has 1 fully saturated rings. The van der Waals surface area contributed by atoms with E-state index in [1.807, 2.05) is 30.3 Å². The topological polar surface area (TPSA) is 79.5 Å². The fourth-order valence-corrected chi connectivity index (χ4v) is 4.82. The largest absolute Gasteiger partial charge is 0.457 e. The second-order valence-electron chi connectivity index (χ2n) is 8.94. The molecule has 0 saturated carbocycles. The number of pyridine rings is 2. The Morgan fingerprint density at radius 2 is 1.92 bits per heavy atom. The lowest BCUT2D eigenvalue weighted by Gasteiger charge is -2.29. The van der Waals surface area contributed by atoms with Crippen LogP contribution in [0.25, 0.3) is 11.3 Å². The summed E-state index contributed by atoms with van der Waals surface area (Å²) in [6.45, 7) is 3.52. The summed E-state index contributed by atoms with van der Waals surface area (Å²) in [6.07, 6.45) is 2.48. The average molecular weight is 501 g/mol. The maximum Gasteiger partial charge on any atom is 0.250 e. The summed E-state index contributed by atoms with van der Waals surface area (Å²) in [5, 5.41) is 3.90. The summed E-state index contributed by atoms with van der Waals surface area (Å²) < 4.78 is 11.8. The first-order valence-corrected chi connectivity index (χ1v) is 12.3. The van der Waals surface area contributed by atoms with Crippen molar-refractivity contribution in [2.75, 3.05) is 36.5 Å². The molecular weight excluding hydrogens is 476 g/mol. The number of benzene rings is 2. The van der Waals surface area contributed by atoms with Crippen molar-refractivity contribution in [1.82, 2.24) is 9.97 Å². The molecule has 7 nitrogen and oxygen atoms in total. The smallest absolute Gasteiger partial charge is 0.250 e. The molecule has 182 valence electrons. The highest BCUT2D eigenvalue weighted by molar-refractivity contribution is 6.29. The molecule has 1 saturated heterocycles. The SMILES string of the molecule is O=c1cc(N2CCOCC2)cc(-c2cccc3c2Cc2ccc(NCc4ccc(Cl)nc4)cc2O3)[nH]1. The molecule has 2 aliphatic rings. The number of hydrogen-bond acceptors (Lipinski definition) is 6. The molecule has 2 aliphatic heterocycles. The lowest BCUT2D eigenvalue weighted by atomic mass is 9.93. The lowest BCUT2D eigenvalue weighted by molar-refractivity contribution is 0.122. The maximum atomic E-state index is 12.5. The van der Waals surface area contributed by atoms with Gasteiger partial charge in [0.05, 0.1) is 18.9 Å². The van der Waals surface area contributed by atoms with Crippen LogP contribution in [0.3, 0.4) is 0 Å². The first-order chi connectivity index (χ1) is 17.6. The fourth-order valence-electron chi connectivity index (χ4n) is 4.70. The van der Waals surface area contributed by atoms with Gasteiger partial charge in [0.1, 0.15) is 16.7 Å². The highest BCUT2D eigenvalue weighted by Crippen LogP contribution is 2.42. The van der Waals surface area contributed by atoms with E-state index in [0.29, 0.717) is 31.3 Å². The van der Waals surface area contributed by atoms with Gasteiger partial charge in [-0.05, 0) is 35.4 Å². The van der Waals surface area contributed by atoms with Gasteiger partial charge in [0.2, 0.25) is 5.56 Å². The molecule has 6 rings (SSSR count). The highest BCUT2D eigenvalue weighted by atomic mass is 35.5. The number of nitrogens with zero attached hydrogens (tertiary/aromatic N) is 2. The second kappa shape index (κ2) is 9.68. The van der Waals surface area contributed by atoms with Gasteiger partial charge in [-0.3, -0.25) is 4.79 Å². The number of aromatic amines is 1. The first kappa shape index (κ1) is 22.6. The van der Waals surface area contributed by atoms with E-state index >= 15 is 0 Å². The molecule has 0 radical (unpaired) electrons. The molecule has 0 unspecified atom stereocenters. The quantitative estimate of drug-likeness (QED) is 0.321. The minimum Gasteiger partial charge on any atom is -0.457 e. The van der Waals surface area contributed by atoms with E-state index in [4.69, 9.17) is 21.1 Å². The van der Waals surface area contributed by atoms with Crippen molar-refractivity contribution in [3.8, 4) is 22.8 Å². The van der Waals surface area contributed by atoms with Gasteiger partial charge in [-0.1, -0.05) is 35.9 Å². The van der Waals surface area contributed by atoms with Crippen LogP contribution in [0, 0.1) is 0 Å². The monoisotopic (exact) mass is 500 g/mol. The van der Waals surface area contributed by atoms with E-state index in [0.717, 1.165) is 63.9 Å². The van der Waals surface area contributed by atoms with Crippen molar-refractivity contribution < 1.29 is 9.47 Å². The Bertz CT molecular complexity index is 1460. The van der Waals surface area contributed by atoms with E-state index in [9.17, 15) is 4.79 Å². The number of hydrogen-bond donors (Lipinski definition) is 2. The van der Waals surface area contributed by atoms with Crippen LogP contribution in [0.2, 0.25) is 5.15 Å². The zero-order valence-corrected chi connectivity index (χ0v) is 20.3. The molecule has 8 heteroatoms. The standard InChI is InChI=1S/C28H25ClN4O3/c29-27-7-4-18(17-31-27)16-30-20-6-5-19-12-23-22(2-1-3-25(23)36-26(19)13-20)24-14-21(15-28(34)32-24)33-8-10-35-11-9-33/h1-7,13-15,17,30H,8-12,16H2,(H,32,34). The van der Waals surface area contributed by atoms with E-state index in [1.165, 1.54) is 0 Å². The average Bonchev–Trinajstić information content (AvgIpc) is 2.91. The Hall–Kier alpha value is -3.81. The van der Waals surface area contributed by atoms with Gasteiger partial charge in [-0.2, -0.15) is 0 Å². The summed E-state index contributed by atoms with van der Waals surface area (Å²) in [5.41, 5.74) is 6.74. The Morgan fingerprint density at radius 3 is 2.75 bits per heavy atom. The summed E-state index contributed by atoms with van der Waals surface area (Å²) in [5.74, 6) is 1.63. The van der Waals surface area contributed by atoms with Gasteiger partial charge in [0.15, 0.2) is 0 Å². The number of ether oxygens (including phenoxy) is 2. The van der Waals surface area contributed by atoms with E-state index in [2.05, 4.69) is 38.4 Å². The third-order valence-corrected chi connectivity index (χ3v) is 6.79. The Morgan fingerprint density at radius 1 is 1.03 bits per heavy atom.